The largest absolute Gasteiger partial charge is 0.483 e. The lowest BCUT2D eigenvalue weighted by molar-refractivity contribution is -0.123. The number of carbonyl (C=O) groups is 2. The average Bonchev–Trinajstić information content (AvgIpc) is 2.59. The van der Waals surface area contributed by atoms with E-state index >= 15 is 0 Å². The number of amides is 2. The summed E-state index contributed by atoms with van der Waals surface area (Å²) in [6.07, 6.45) is 0. The zero-order valence-corrected chi connectivity index (χ0v) is 14.2. The highest BCUT2D eigenvalue weighted by molar-refractivity contribution is 7.80. The van der Waals surface area contributed by atoms with E-state index in [1.807, 2.05) is 19.1 Å². The lowest BCUT2D eigenvalue weighted by Gasteiger charge is -2.12. The summed E-state index contributed by atoms with van der Waals surface area (Å²) < 4.78 is 18.2. The van der Waals surface area contributed by atoms with E-state index in [1.54, 1.807) is 12.1 Å². The van der Waals surface area contributed by atoms with E-state index in [0.29, 0.717) is 5.75 Å². The van der Waals surface area contributed by atoms with Gasteiger partial charge in [-0.05, 0) is 55.0 Å². The van der Waals surface area contributed by atoms with Crippen molar-refractivity contribution in [1.82, 2.24) is 16.2 Å². The van der Waals surface area contributed by atoms with Crippen molar-refractivity contribution in [2.24, 2.45) is 0 Å². The third kappa shape index (κ3) is 5.85. The minimum Gasteiger partial charge on any atom is -0.483 e. The number of carbonyl (C=O) groups excluding carboxylic acids is 2. The molecule has 0 spiro atoms. The van der Waals surface area contributed by atoms with E-state index < -0.39 is 17.6 Å². The summed E-state index contributed by atoms with van der Waals surface area (Å²) in [7, 11) is 0. The highest BCUT2D eigenvalue weighted by atomic mass is 32.1. The van der Waals surface area contributed by atoms with Gasteiger partial charge in [-0.25, -0.2) is 4.39 Å². The Kier molecular flexibility index (Phi) is 6.41. The number of aryl methyl sites for hydroxylation is 1. The maximum atomic E-state index is 12.8. The zero-order valence-electron chi connectivity index (χ0n) is 13.3. The number of rotatable bonds is 4. The van der Waals surface area contributed by atoms with Crippen LogP contribution in [0.4, 0.5) is 4.39 Å². The Morgan fingerprint density at radius 3 is 2.44 bits per heavy atom. The lowest BCUT2D eigenvalue weighted by atomic mass is 10.2. The molecule has 3 N–H and O–H groups in total. The Hall–Kier alpha value is -3.00. The van der Waals surface area contributed by atoms with Gasteiger partial charge < -0.3 is 4.74 Å². The molecule has 2 rings (SSSR count). The fourth-order valence-electron chi connectivity index (χ4n) is 1.83. The molecule has 0 atom stereocenters. The van der Waals surface area contributed by atoms with Crippen molar-refractivity contribution in [1.29, 1.82) is 0 Å². The first-order chi connectivity index (χ1) is 12.0. The predicted octanol–water partition coefficient (Wildman–Crippen LogP) is 1.85. The number of hydrogen-bond donors (Lipinski definition) is 3. The third-order valence-corrected chi connectivity index (χ3v) is 3.31. The van der Waals surface area contributed by atoms with Crippen LogP contribution in [0.25, 0.3) is 0 Å². The van der Waals surface area contributed by atoms with E-state index in [0.717, 1.165) is 17.7 Å². The molecule has 0 aliphatic carbocycles. The number of halogens is 1. The van der Waals surface area contributed by atoms with Crippen molar-refractivity contribution in [2.45, 2.75) is 6.92 Å². The molecule has 2 aromatic rings. The summed E-state index contributed by atoms with van der Waals surface area (Å²) >= 11 is 4.90. The van der Waals surface area contributed by atoms with Gasteiger partial charge in [0.1, 0.15) is 11.6 Å². The second-order valence-electron chi connectivity index (χ2n) is 5.02. The molecule has 0 saturated heterocycles. The standard InChI is InChI=1S/C17H16FN3O3S/c1-11-4-2-3-5-14(11)24-10-15(22)20-21-17(25)19-16(23)12-6-8-13(18)9-7-12/h2-9H,10H2,1H3,(H,20,22)(H2,19,21,23,25). The summed E-state index contributed by atoms with van der Waals surface area (Å²) in [6, 6.07) is 12.3. The second kappa shape index (κ2) is 8.74. The van der Waals surface area contributed by atoms with Crippen LogP contribution in [-0.2, 0) is 4.79 Å². The van der Waals surface area contributed by atoms with Gasteiger partial charge in [0.2, 0.25) is 0 Å². The Labute approximate surface area is 149 Å². The molecule has 0 bridgehead atoms. The van der Waals surface area contributed by atoms with E-state index in [9.17, 15) is 14.0 Å². The smallest absolute Gasteiger partial charge is 0.276 e. The monoisotopic (exact) mass is 361 g/mol. The first-order valence-electron chi connectivity index (χ1n) is 7.30. The number of hydrogen-bond acceptors (Lipinski definition) is 4. The van der Waals surface area contributed by atoms with E-state index in [1.165, 1.54) is 12.1 Å². The van der Waals surface area contributed by atoms with Crippen molar-refractivity contribution in [3.8, 4) is 5.75 Å². The van der Waals surface area contributed by atoms with Crippen LogP contribution in [0.1, 0.15) is 15.9 Å². The van der Waals surface area contributed by atoms with Crippen molar-refractivity contribution < 1.29 is 18.7 Å². The van der Waals surface area contributed by atoms with Crippen molar-refractivity contribution in [3.05, 3.63) is 65.5 Å². The highest BCUT2D eigenvalue weighted by Crippen LogP contribution is 2.15. The first-order valence-corrected chi connectivity index (χ1v) is 7.70. The molecule has 0 aliphatic heterocycles. The van der Waals surface area contributed by atoms with Crippen LogP contribution < -0.4 is 20.9 Å². The molecule has 0 fully saturated rings. The summed E-state index contributed by atoms with van der Waals surface area (Å²) in [4.78, 5) is 23.6. The molecule has 2 aromatic carbocycles. The molecule has 0 saturated carbocycles. The normalized spacial score (nSPS) is 9.84. The van der Waals surface area contributed by atoms with Crippen LogP contribution in [0.5, 0.6) is 5.75 Å². The van der Waals surface area contributed by atoms with Crippen LogP contribution >= 0.6 is 12.2 Å². The van der Waals surface area contributed by atoms with Crippen LogP contribution in [0, 0.1) is 12.7 Å². The Balaban J connectivity index is 1.74. The lowest BCUT2D eigenvalue weighted by Crippen LogP contribution is -2.49. The molecular formula is C17H16FN3O3S. The summed E-state index contributed by atoms with van der Waals surface area (Å²) in [6.45, 7) is 1.65. The van der Waals surface area contributed by atoms with Gasteiger partial charge >= 0.3 is 0 Å². The predicted molar refractivity (Wildman–Crippen MR) is 94.4 cm³/mol. The maximum absolute atomic E-state index is 12.8. The van der Waals surface area contributed by atoms with Gasteiger partial charge in [0.25, 0.3) is 11.8 Å². The van der Waals surface area contributed by atoms with E-state index in [4.69, 9.17) is 17.0 Å². The first kappa shape index (κ1) is 18.3. The molecule has 2 amide bonds. The molecule has 0 aliphatic rings. The minimum absolute atomic E-state index is 0.0985. The van der Waals surface area contributed by atoms with E-state index in [-0.39, 0.29) is 17.3 Å². The van der Waals surface area contributed by atoms with Crippen molar-refractivity contribution >= 4 is 29.1 Å². The number of benzene rings is 2. The Morgan fingerprint density at radius 2 is 1.76 bits per heavy atom. The number of ether oxygens (including phenoxy) is 1. The molecule has 0 unspecified atom stereocenters. The Morgan fingerprint density at radius 1 is 1.08 bits per heavy atom. The van der Waals surface area contributed by atoms with Crippen molar-refractivity contribution in [2.75, 3.05) is 6.61 Å². The van der Waals surface area contributed by atoms with Gasteiger partial charge in [0.15, 0.2) is 11.7 Å². The van der Waals surface area contributed by atoms with Gasteiger partial charge in [-0.3, -0.25) is 25.8 Å². The van der Waals surface area contributed by atoms with E-state index in [2.05, 4.69) is 16.2 Å². The molecular weight excluding hydrogens is 345 g/mol. The number of hydrazine groups is 1. The zero-order chi connectivity index (χ0) is 18.2. The molecule has 130 valence electrons. The fourth-order valence-corrected chi connectivity index (χ4v) is 1.98. The summed E-state index contributed by atoms with van der Waals surface area (Å²) in [5, 5.41) is 2.26. The quantitative estimate of drug-likeness (QED) is 0.572. The highest BCUT2D eigenvalue weighted by Gasteiger charge is 2.09. The molecule has 8 heteroatoms. The number of para-hydroxylation sites is 1. The van der Waals surface area contributed by atoms with Gasteiger partial charge in [-0.2, -0.15) is 0 Å². The minimum atomic E-state index is -0.525. The summed E-state index contributed by atoms with van der Waals surface area (Å²) in [5.41, 5.74) is 5.84. The van der Waals surface area contributed by atoms with Crippen LogP contribution in [0.15, 0.2) is 48.5 Å². The molecule has 6 nitrogen and oxygen atoms in total. The average molecular weight is 361 g/mol. The maximum Gasteiger partial charge on any atom is 0.276 e. The molecule has 0 radical (unpaired) electrons. The van der Waals surface area contributed by atoms with Gasteiger partial charge in [0.05, 0.1) is 0 Å². The third-order valence-electron chi connectivity index (χ3n) is 3.10. The van der Waals surface area contributed by atoms with Gasteiger partial charge in [-0.1, -0.05) is 18.2 Å². The Bertz CT molecular complexity index is 781. The molecule has 25 heavy (non-hydrogen) atoms. The number of nitrogens with one attached hydrogen (secondary N) is 3. The van der Waals surface area contributed by atoms with Gasteiger partial charge in [0, 0.05) is 5.56 Å². The topological polar surface area (TPSA) is 79.5 Å². The summed E-state index contributed by atoms with van der Waals surface area (Å²) in [5.74, 6) is -0.840. The SMILES string of the molecule is Cc1ccccc1OCC(=O)NNC(=S)NC(=O)c1ccc(F)cc1. The van der Waals surface area contributed by atoms with Gasteiger partial charge in [-0.15, -0.1) is 0 Å². The van der Waals surface area contributed by atoms with Crippen LogP contribution in [0.2, 0.25) is 0 Å². The van der Waals surface area contributed by atoms with Crippen molar-refractivity contribution in [3.63, 3.8) is 0 Å². The number of thiocarbonyl (C=S) groups is 1. The van der Waals surface area contributed by atoms with Crippen LogP contribution in [-0.4, -0.2) is 23.5 Å². The second-order valence-corrected chi connectivity index (χ2v) is 5.43. The fraction of sp³-hybridized carbons (Fsp3) is 0.118. The molecule has 0 aromatic heterocycles. The molecule has 0 heterocycles. The van der Waals surface area contributed by atoms with Crippen LogP contribution in [0.3, 0.4) is 0 Å².